The molecule has 182 valence electrons. The van der Waals surface area contributed by atoms with Crippen molar-refractivity contribution in [3.8, 4) is 22.3 Å². The van der Waals surface area contributed by atoms with E-state index in [1.54, 1.807) is 0 Å². The molecule has 0 fully saturated rings. The lowest BCUT2D eigenvalue weighted by molar-refractivity contribution is 0.587. The van der Waals surface area contributed by atoms with Crippen LogP contribution in [0.5, 0.6) is 0 Å². The van der Waals surface area contributed by atoms with Crippen LogP contribution in [0.3, 0.4) is 0 Å². The number of hydrogen-bond acceptors (Lipinski definition) is 2. The van der Waals surface area contributed by atoms with Crippen LogP contribution >= 0.6 is 0 Å². The maximum atomic E-state index is 6.30. The van der Waals surface area contributed by atoms with Crippen molar-refractivity contribution in [3.63, 3.8) is 0 Å². The third kappa shape index (κ3) is 2.20. The molecular formula is C37H23NO. The van der Waals surface area contributed by atoms with Gasteiger partial charge in [-0.05, 0) is 56.6 Å². The van der Waals surface area contributed by atoms with Gasteiger partial charge in [-0.3, -0.25) is 0 Å². The van der Waals surface area contributed by atoms with E-state index in [0.29, 0.717) is 0 Å². The molecular weight excluding hydrogens is 474 g/mol. The predicted octanol–water partition coefficient (Wildman–Crippen LogP) is 8.73. The molecule has 0 radical (unpaired) electrons. The average molecular weight is 498 g/mol. The smallest absolute Gasteiger partial charge is 0.135 e. The first-order chi connectivity index (χ1) is 19.4. The second-order valence-electron chi connectivity index (χ2n) is 11.2. The lowest BCUT2D eigenvalue weighted by Crippen LogP contribution is -2.25. The molecule has 2 atom stereocenters. The SMILES string of the molecule is C1=CC2Nc3c(ccc4c3-c3ccccc3C43c4ccccc4-c4ccccc43)C2c2c1oc1ccccc21. The molecule has 2 unspecified atom stereocenters. The summed E-state index contributed by atoms with van der Waals surface area (Å²) in [5.74, 6) is 1.21. The van der Waals surface area contributed by atoms with E-state index in [0.717, 1.165) is 11.3 Å². The third-order valence-corrected chi connectivity index (χ3v) is 9.63. The molecule has 1 N–H and O–H groups in total. The summed E-state index contributed by atoms with van der Waals surface area (Å²) in [4.78, 5) is 0. The van der Waals surface area contributed by atoms with E-state index in [-0.39, 0.29) is 17.4 Å². The van der Waals surface area contributed by atoms with Gasteiger partial charge >= 0.3 is 0 Å². The van der Waals surface area contributed by atoms with Gasteiger partial charge in [0.1, 0.15) is 11.3 Å². The highest BCUT2D eigenvalue weighted by molar-refractivity contribution is 6.01. The Kier molecular flexibility index (Phi) is 3.51. The second-order valence-corrected chi connectivity index (χ2v) is 11.2. The number of furan rings is 1. The van der Waals surface area contributed by atoms with Gasteiger partial charge in [-0.15, -0.1) is 0 Å². The highest BCUT2D eigenvalue weighted by Crippen LogP contribution is 2.65. The van der Waals surface area contributed by atoms with Crippen LogP contribution < -0.4 is 5.32 Å². The van der Waals surface area contributed by atoms with Gasteiger partial charge < -0.3 is 9.73 Å². The lowest BCUT2D eigenvalue weighted by atomic mass is 9.70. The van der Waals surface area contributed by atoms with E-state index in [4.69, 9.17) is 4.42 Å². The van der Waals surface area contributed by atoms with E-state index in [9.17, 15) is 0 Å². The standard InChI is InChI=1S/C37H23NO/c1-5-13-26-21(9-1)22-10-2-6-14-27(22)37(26)28-15-7-3-11-23(28)33-29(37)18-17-25-34-30(38-36(25)33)19-20-32-35(34)24-12-4-8-16-31(24)39-32/h1-20,30,34,38H. The molecule has 2 heteroatoms. The summed E-state index contributed by atoms with van der Waals surface area (Å²) < 4.78 is 6.30. The first kappa shape index (κ1) is 20.2. The minimum atomic E-state index is -0.313. The van der Waals surface area contributed by atoms with Crippen molar-refractivity contribution in [2.45, 2.75) is 17.4 Å². The maximum Gasteiger partial charge on any atom is 0.135 e. The number of benzene rings is 5. The van der Waals surface area contributed by atoms with Gasteiger partial charge in [0.15, 0.2) is 0 Å². The summed E-state index contributed by atoms with van der Waals surface area (Å²) in [6.45, 7) is 0. The van der Waals surface area contributed by atoms with Gasteiger partial charge in [-0.2, -0.15) is 0 Å². The normalized spacial score (nSPS) is 19.6. The van der Waals surface area contributed by atoms with Crippen LogP contribution in [0.25, 0.3) is 39.3 Å². The summed E-state index contributed by atoms with van der Waals surface area (Å²) in [5.41, 5.74) is 15.5. The molecule has 1 spiro atoms. The van der Waals surface area contributed by atoms with E-state index in [2.05, 4.69) is 127 Å². The molecule has 10 rings (SSSR count). The fourth-order valence-corrected chi connectivity index (χ4v) is 8.27. The highest BCUT2D eigenvalue weighted by atomic mass is 16.3. The quantitative estimate of drug-likeness (QED) is 0.227. The van der Waals surface area contributed by atoms with Crippen molar-refractivity contribution in [3.05, 3.63) is 154 Å². The van der Waals surface area contributed by atoms with Crippen molar-refractivity contribution in [1.29, 1.82) is 0 Å². The molecule has 2 nitrogen and oxygen atoms in total. The highest BCUT2D eigenvalue weighted by Gasteiger charge is 2.53. The van der Waals surface area contributed by atoms with Gasteiger partial charge in [-0.25, -0.2) is 0 Å². The Morgan fingerprint density at radius 3 is 2.03 bits per heavy atom. The minimum absolute atomic E-state index is 0.201. The zero-order valence-corrected chi connectivity index (χ0v) is 21.1. The van der Waals surface area contributed by atoms with Gasteiger partial charge in [-0.1, -0.05) is 109 Å². The maximum absolute atomic E-state index is 6.30. The Morgan fingerprint density at radius 2 is 1.26 bits per heavy atom. The van der Waals surface area contributed by atoms with Crippen LogP contribution in [0.15, 0.2) is 120 Å². The topological polar surface area (TPSA) is 25.2 Å². The van der Waals surface area contributed by atoms with Crippen molar-refractivity contribution in [1.82, 2.24) is 0 Å². The molecule has 0 saturated heterocycles. The second kappa shape index (κ2) is 6.78. The number of anilines is 1. The van der Waals surface area contributed by atoms with E-state index >= 15 is 0 Å². The lowest BCUT2D eigenvalue weighted by Gasteiger charge is -2.30. The third-order valence-electron chi connectivity index (χ3n) is 9.63. The largest absolute Gasteiger partial charge is 0.456 e. The molecule has 4 aliphatic rings. The Morgan fingerprint density at radius 1 is 0.615 bits per heavy atom. The van der Waals surface area contributed by atoms with Crippen LogP contribution in [-0.4, -0.2) is 6.04 Å². The van der Waals surface area contributed by atoms with Crippen molar-refractivity contribution < 1.29 is 4.42 Å². The number of para-hydroxylation sites is 1. The number of rotatable bonds is 0. The van der Waals surface area contributed by atoms with Gasteiger partial charge in [0.25, 0.3) is 0 Å². The van der Waals surface area contributed by atoms with Crippen molar-refractivity contribution in [2.24, 2.45) is 0 Å². The van der Waals surface area contributed by atoms with Gasteiger partial charge in [0, 0.05) is 28.1 Å². The zero-order chi connectivity index (χ0) is 25.3. The molecule has 6 aromatic rings. The molecule has 1 aliphatic heterocycles. The van der Waals surface area contributed by atoms with E-state index < -0.39 is 0 Å². The Balaban J connectivity index is 1.30. The zero-order valence-electron chi connectivity index (χ0n) is 21.1. The van der Waals surface area contributed by atoms with Crippen LogP contribution in [0.1, 0.15) is 45.1 Å². The molecule has 5 aromatic carbocycles. The van der Waals surface area contributed by atoms with Gasteiger partial charge in [0.05, 0.1) is 11.5 Å². The predicted molar refractivity (Wildman–Crippen MR) is 157 cm³/mol. The summed E-state index contributed by atoms with van der Waals surface area (Å²) in [6, 6.07) is 40.6. The number of nitrogens with one attached hydrogen (secondary N) is 1. The summed E-state index contributed by atoms with van der Waals surface area (Å²) in [6.07, 6.45) is 4.45. The van der Waals surface area contributed by atoms with Crippen LogP contribution in [0, 0.1) is 0 Å². The molecule has 2 heterocycles. The molecule has 0 saturated carbocycles. The first-order valence-corrected chi connectivity index (χ1v) is 13.8. The first-order valence-electron chi connectivity index (χ1n) is 13.8. The van der Waals surface area contributed by atoms with Gasteiger partial charge in [0.2, 0.25) is 0 Å². The Bertz CT molecular complexity index is 2030. The average Bonchev–Trinajstić information content (AvgIpc) is 3.71. The summed E-state index contributed by atoms with van der Waals surface area (Å²) in [7, 11) is 0. The molecule has 0 amide bonds. The molecule has 39 heavy (non-hydrogen) atoms. The molecule has 3 aliphatic carbocycles. The minimum Gasteiger partial charge on any atom is -0.456 e. The fraction of sp³-hybridized carbons (Fsp3) is 0.0811. The summed E-state index contributed by atoms with van der Waals surface area (Å²) in [5, 5.41) is 5.22. The molecule has 0 bridgehead atoms. The number of hydrogen-bond donors (Lipinski definition) is 1. The van der Waals surface area contributed by atoms with Crippen LogP contribution in [-0.2, 0) is 5.41 Å². The van der Waals surface area contributed by atoms with E-state index in [1.807, 2.05) is 0 Å². The van der Waals surface area contributed by atoms with Crippen molar-refractivity contribution in [2.75, 3.05) is 5.32 Å². The van der Waals surface area contributed by atoms with Crippen LogP contribution in [0.4, 0.5) is 5.69 Å². The van der Waals surface area contributed by atoms with Crippen LogP contribution in [0.2, 0.25) is 0 Å². The number of fused-ring (bicyclic) bond motifs is 18. The summed E-state index contributed by atoms with van der Waals surface area (Å²) >= 11 is 0. The fourth-order valence-electron chi connectivity index (χ4n) is 8.27. The van der Waals surface area contributed by atoms with E-state index in [1.165, 1.54) is 66.7 Å². The van der Waals surface area contributed by atoms with Crippen molar-refractivity contribution >= 4 is 22.7 Å². The molecule has 1 aromatic heterocycles. The Labute approximate surface area is 226 Å². The Hall–Kier alpha value is -4.82. The monoisotopic (exact) mass is 497 g/mol.